The normalized spacial score (nSPS) is 17.2. The van der Waals surface area contributed by atoms with E-state index in [1.165, 1.54) is 19.3 Å². The largest absolute Gasteiger partial charge is 0.477 e. The molecule has 0 aromatic carbocycles. The van der Waals surface area contributed by atoms with Crippen molar-refractivity contribution in [1.29, 1.82) is 5.41 Å². The minimum atomic E-state index is 0.223. The van der Waals surface area contributed by atoms with Gasteiger partial charge < -0.3 is 9.64 Å². The van der Waals surface area contributed by atoms with Crippen LogP contribution < -0.4 is 0 Å². The fraction of sp³-hybridized carbons (Fsp3) is 0.733. The Morgan fingerprint density at radius 3 is 2.84 bits per heavy atom. The average molecular weight is 265 g/mol. The second-order valence-electron chi connectivity index (χ2n) is 5.07. The molecule has 19 heavy (non-hydrogen) atoms. The van der Waals surface area contributed by atoms with Gasteiger partial charge in [-0.15, -0.1) is 0 Å². The first-order valence-electron chi connectivity index (χ1n) is 7.25. The Morgan fingerprint density at radius 2 is 2.21 bits per heavy atom. The zero-order chi connectivity index (χ0) is 14.1. The molecule has 1 heterocycles. The number of hydrogen-bond donors (Lipinski definition) is 1. The Morgan fingerprint density at radius 1 is 1.42 bits per heavy atom. The number of rotatable bonds is 7. The molecule has 4 nitrogen and oxygen atoms in total. The highest BCUT2D eigenvalue weighted by Crippen LogP contribution is 2.11. The molecule has 0 saturated carbocycles. The molecule has 0 amide bonds. The quantitative estimate of drug-likeness (QED) is 0.437. The number of likely N-dealkylation sites (N-methyl/N-ethyl adjacent to an activating group) is 1. The highest BCUT2D eigenvalue weighted by atomic mass is 16.5. The van der Waals surface area contributed by atoms with Gasteiger partial charge in [0, 0.05) is 20.1 Å². The maximum Gasteiger partial charge on any atom is 0.232 e. The summed E-state index contributed by atoms with van der Waals surface area (Å²) in [5.74, 6) is 0.223. The van der Waals surface area contributed by atoms with Gasteiger partial charge in [0.25, 0.3) is 0 Å². The first kappa shape index (κ1) is 15.9. The second kappa shape index (κ2) is 8.86. The Kier molecular flexibility index (Phi) is 7.41. The summed E-state index contributed by atoms with van der Waals surface area (Å²) in [6.45, 7) is 4.75. The Balaban J connectivity index is 2.42. The van der Waals surface area contributed by atoms with Crippen molar-refractivity contribution in [2.45, 2.75) is 39.0 Å². The van der Waals surface area contributed by atoms with Crippen LogP contribution in [-0.4, -0.2) is 50.3 Å². The van der Waals surface area contributed by atoms with E-state index in [0.29, 0.717) is 12.3 Å². The van der Waals surface area contributed by atoms with Crippen LogP contribution in [0.15, 0.2) is 16.6 Å². The molecule has 0 saturated heterocycles. The highest BCUT2D eigenvalue weighted by Gasteiger charge is 2.17. The maximum atomic E-state index is 8.02. The van der Waals surface area contributed by atoms with Gasteiger partial charge in [0.05, 0.1) is 6.61 Å². The van der Waals surface area contributed by atoms with E-state index < -0.39 is 0 Å². The molecule has 4 heteroatoms. The zero-order valence-electron chi connectivity index (χ0n) is 12.5. The topological polar surface area (TPSA) is 48.7 Å². The summed E-state index contributed by atoms with van der Waals surface area (Å²) in [5.41, 5.74) is 1.83. The lowest BCUT2D eigenvalue weighted by Crippen LogP contribution is -2.32. The van der Waals surface area contributed by atoms with Gasteiger partial charge in [-0.1, -0.05) is 32.3 Å². The Labute approximate surface area is 117 Å². The van der Waals surface area contributed by atoms with Crippen molar-refractivity contribution in [2.75, 3.05) is 33.8 Å². The molecule has 1 N–H and O–H groups in total. The molecule has 0 spiro atoms. The van der Waals surface area contributed by atoms with Crippen molar-refractivity contribution < 1.29 is 4.74 Å². The van der Waals surface area contributed by atoms with E-state index >= 15 is 0 Å². The summed E-state index contributed by atoms with van der Waals surface area (Å²) >= 11 is 0. The monoisotopic (exact) mass is 265 g/mol. The lowest BCUT2D eigenvalue weighted by Gasteiger charge is -2.23. The predicted molar refractivity (Wildman–Crippen MR) is 81.4 cm³/mol. The molecule has 1 rings (SSSR count). The average Bonchev–Trinajstić information content (AvgIpc) is 2.39. The van der Waals surface area contributed by atoms with E-state index in [-0.39, 0.29) is 5.90 Å². The van der Waals surface area contributed by atoms with Crippen molar-refractivity contribution in [3.05, 3.63) is 11.6 Å². The summed E-state index contributed by atoms with van der Waals surface area (Å²) in [5, 5.41) is 8.02. The molecule has 1 aliphatic heterocycles. The molecular formula is C15H27N3O. The number of ether oxygens (including phenoxy) is 1. The molecule has 0 atom stereocenters. The minimum absolute atomic E-state index is 0.223. The third-order valence-corrected chi connectivity index (χ3v) is 3.33. The van der Waals surface area contributed by atoms with Gasteiger partial charge in [-0.2, -0.15) is 0 Å². The molecule has 0 aliphatic carbocycles. The standard InChI is InChI=1S/C15H27N3O/c1-4-5-6-7-11-19-15(16)14(17-2)13-9-8-10-18(3)12-13/h9,16H,4-8,10-12H2,1-3H3. The van der Waals surface area contributed by atoms with Gasteiger partial charge >= 0.3 is 0 Å². The fourth-order valence-electron chi connectivity index (χ4n) is 2.23. The van der Waals surface area contributed by atoms with Crippen molar-refractivity contribution in [2.24, 2.45) is 4.99 Å². The van der Waals surface area contributed by atoms with Crippen LogP contribution in [0.25, 0.3) is 0 Å². The SMILES string of the molecule is CCCCCCOC(=N)C(=NC)C1=CCCN(C)C1. The minimum Gasteiger partial charge on any atom is -0.477 e. The van der Waals surface area contributed by atoms with Gasteiger partial charge in [0.15, 0.2) is 0 Å². The first-order valence-corrected chi connectivity index (χ1v) is 7.25. The summed E-state index contributed by atoms with van der Waals surface area (Å²) in [6.07, 6.45) is 7.85. The zero-order valence-corrected chi connectivity index (χ0v) is 12.5. The molecule has 0 bridgehead atoms. The van der Waals surface area contributed by atoms with E-state index in [2.05, 4.69) is 29.9 Å². The van der Waals surface area contributed by atoms with Crippen molar-refractivity contribution in [3.63, 3.8) is 0 Å². The summed E-state index contributed by atoms with van der Waals surface area (Å²) in [4.78, 5) is 6.48. The number of nitrogens with one attached hydrogen (secondary N) is 1. The number of aliphatic imine (C=N–C) groups is 1. The van der Waals surface area contributed by atoms with Crippen LogP contribution in [0.2, 0.25) is 0 Å². The summed E-state index contributed by atoms with van der Waals surface area (Å²) in [6, 6.07) is 0. The molecule has 0 unspecified atom stereocenters. The van der Waals surface area contributed by atoms with Crippen LogP contribution in [0.5, 0.6) is 0 Å². The van der Waals surface area contributed by atoms with E-state index in [1.807, 2.05) is 0 Å². The molecule has 0 radical (unpaired) electrons. The smallest absolute Gasteiger partial charge is 0.232 e. The van der Waals surface area contributed by atoms with E-state index in [1.54, 1.807) is 7.05 Å². The van der Waals surface area contributed by atoms with Gasteiger partial charge in [0.2, 0.25) is 5.90 Å². The summed E-state index contributed by atoms with van der Waals surface area (Å²) < 4.78 is 5.52. The van der Waals surface area contributed by atoms with Crippen molar-refractivity contribution >= 4 is 11.6 Å². The van der Waals surface area contributed by atoms with E-state index in [4.69, 9.17) is 10.1 Å². The number of nitrogens with zero attached hydrogens (tertiary/aromatic N) is 2. The van der Waals surface area contributed by atoms with Gasteiger partial charge in [-0.25, -0.2) is 0 Å². The van der Waals surface area contributed by atoms with Gasteiger partial charge in [-0.05, 0) is 25.5 Å². The lowest BCUT2D eigenvalue weighted by atomic mass is 10.1. The number of unbranched alkanes of at least 4 members (excludes halogenated alkanes) is 3. The highest BCUT2D eigenvalue weighted by molar-refractivity contribution is 6.44. The van der Waals surface area contributed by atoms with Crippen molar-refractivity contribution in [3.8, 4) is 0 Å². The third kappa shape index (κ3) is 5.55. The first-order chi connectivity index (χ1) is 9.19. The molecule has 0 aromatic rings. The molecule has 0 aromatic heterocycles. The molecular weight excluding hydrogens is 238 g/mol. The van der Waals surface area contributed by atoms with Crippen LogP contribution in [0.1, 0.15) is 39.0 Å². The van der Waals surface area contributed by atoms with E-state index in [0.717, 1.165) is 31.5 Å². The molecule has 1 aliphatic rings. The van der Waals surface area contributed by atoms with E-state index in [9.17, 15) is 0 Å². The van der Waals surface area contributed by atoms with Gasteiger partial charge in [0.1, 0.15) is 5.71 Å². The van der Waals surface area contributed by atoms with Crippen LogP contribution in [0, 0.1) is 5.41 Å². The van der Waals surface area contributed by atoms with Crippen molar-refractivity contribution in [1.82, 2.24) is 4.90 Å². The Hall–Kier alpha value is -1.16. The molecule has 108 valence electrons. The van der Waals surface area contributed by atoms with Crippen LogP contribution in [0.3, 0.4) is 0 Å². The molecule has 0 fully saturated rings. The third-order valence-electron chi connectivity index (χ3n) is 3.33. The van der Waals surface area contributed by atoms with Crippen LogP contribution >= 0.6 is 0 Å². The summed E-state index contributed by atoms with van der Waals surface area (Å²) in [7, 11) is 3.83. The predicted octanol–water partition coefficient (Wildman–Crippen LogP) is 2.89. The van der Waals surface area contributed by atoms with Crippen LogP contribution in [0.4, 0.5) is 0 Å². The van der Waals surface area contributed by atoms with Crippen LogP contribution in [-0.2, 0) is 4.74 Å². The fourth-order valence-corrected chi connectivity index (χ4v) is 2.23. The maximum absolute atomic E-state index is 8.02. The second-order valence-corrected chi connectivity index (χ2v) is 5.07. The number of hydrogen-bond acceptors (Lipinski definition) is 4. The van der Waals surface area contributed by atoms with Gasteiger partial charge in [-0.3, -0.25) is 10.4 Å². The lowest BCUT2D eigenvalue weighted by molar-refractivity contribution is 0.295. The Bertz CT molecular complexity index is 347.